The van der Waals surface area contributed by atoms with Crippen LogP contribution >= 0.6 is 46.4 Å². The van der Waals surface area contributed by atoms with Gasteiger partial charge in [-0.25, -0.2) is 9.91 Å². The molecule has 0 radical (unpaired) electrons. The molecule has 4 aliphatic rings. The Bertz CT molecular complexity index is 1920. The first-order chi connectivity index (χ1) is 22.5. The molecule has 0 bridgehead atoms. The lowest BCUT2D eigenvalue weighted by molar-refractivity contribution is -0.136. The number of carbonyl (C=O) groups is 3. The lowest BCUT2D eigenvalue weighted by atomic mass is 9.77. The maximum absolute atomic E-state index is 14.2. The van der Waals surface area contributed by atoms with E-state index in [0.29, 0.717) is 31.3 Å². The SMILES string of the molecule is Cc1cccc(C)c1N1C(=O)[C@@H]2[C@@H](N=NN2CC(=O)N2N=C3/C(=C/c4ccc(Cl)cc4Cl)CCC[C@H]3[C@H]2c2ccc(Cl)cc2Cl)C1=O. The van der Waals surface area contributed by atoms with Gasteiger partial charge in [0, 0.05) is 26.0 Å². The van der Waals surface area contributed by atoms with Crippen molar-refractivity contribution < 1.29 is 14.4 Å². The van der Waals surface area contributed by atoms with Crippen molar-refractivity contribution in [3.8, 4) is 0 Å². The zero-order chi connectivity index (χ0) is 33.1. The number of aryl methyl sites for hydroxylation is 2. The van der Waals surface area contributed by atoms with E-state index in [1.54, 1.807) is 24.3 Å². The molecule has 2 fully saturated rings. The van der Waals surface area contributed by atoms with E-state index in [1.807, 2.05) is 50.3 Å². The number of fused-ring (bicyclic) bond motifs is 2. The van der Waals surface area contributed by atoms with Crippen molar-refractivity contribution in [2.45, 2.75) is 51.2 Å². The van der Waals surface area contributed by atoms with Crippen LogP contribution in [0.2, 0.25) is 20.1 Å². The van der Waals surface area contributed by atoms with Gasteiger partial charge in [0.25, 0.3) is 17.7 Å². The molecule has 0 aromatic heterocycles. The van der Waals surface area contributed by atoms with Crippen molar-refractivity contribution in [3.05, 3.63) is 103 Å². The summed E-state index contributed by atoms with van der Waals surface area (Å²) < 4.78 is 0. The number of imide groups is 1. The third-order valence-electron chi connectivity index (χ3n) is 9.15. The number of hydrogen-bond donors (Lipinski definition) is 0. The quantitative estimate of drug-likeness (QED) is 0.251. The zero-order valence-corrected chi connectivity index (χ0v) is 28.4. The molecule has 3 heterocycles. The number of hydrazone groups is 1. The summed E-state index contributed by atoms with van der Waals surface area (Å²) >= 11 is 25.6. The van der Waals surface area contributed by atoms with Gasteiger partial charge in [0.05, 0.1) is 17.4 Å². The maximum Gasteiger partial charge on any atom is 0.264 e. The standard InChI is InChI=1S/C34H28Cl4N6O3/c1-17-5-3-6-18(2)30(17)43-33(46)29-32(34(43)47)42(41-39-29)16-27(45)44-31(23-12-11-22(36)15-26(23)38)24-8-4-7-20(28(24)40-44)13-19-9-10-21(35)14-25(19)37/h3,5-6,9-15,24,29,31-32H,4,7-8,16H2,1-2H3/b20-13+/t24-,29-,31-,32+/m1/s1. The number of halogens is 4. The van der Waals surface area contributed by atoms with Gasteiger partial charge in [-0.2, -0.15) is 10.2 Å². The first-order valence-electron chi connectivity index (χ1n) is 15.2. The van der Waals surface area contributed by atoms with E-state index in [4.69, 9.17) is 51.5 Å². The van der Waals surface area contributed by atoms with E-state index in [0.717, 1.165) is 47.2 Å². The molecule has 47 heavy (non-hydrogen) atoms. The third-order valence-corrected chi connectivity index (χ3v) is 10.3. The van der Waals surface area contributed by atoms with E-state index in [2.05, 4.69) is 10.3 Å². The molecule has 3 amide bonds. The number of benzene rings is 3. The minimum absolute atomic E-state index is 0.161. The monoisotopic (exact) mass is 708 g/mol. The highest BCUT2D eigenvalue weighted by Gasteiger charge is 2.56. The van der Waals surface area contributed by atoms with Gasteiger partial charge in [0.1, 0.15) is 6.54 Å². The van der Waals surface area contributed by atoms with Crippen LogP contribution in [0.4, 0.5) is 5.69 Å². The van der Waals surface area contributed by atoms with Crippen molar-refractivity contribution in [1.29, 1.82) is 0 Å². The second-order valence-corrected chi connectivity index (χ2v) is 13.8. The first kappa shape index (κ1) is 31.8. The molecule has 1 aliphatic carbocycles. The molecule has 1 saturated carbocycles. The summed E-state index contributed by atoms with van der Waals surface area (Å²) in [5.74, 6) is -1.52. The fraction of sp³-hybridized carbons (Fsp3) is 0.294. The average molecular weight is 710 g/mol. The molecule has 3 aromatic rings. The highest BCUT2D eigenvalue weighted by atomic mass is 35.5. The first-order valence-corrected chi connectivity index (χ1v) is 16.7. The van der Waals surface area contributed by atoms with Crippen LogP contribution < -0.4 is 4.90 Å². The summed E-state index contributed by atoms with van der Waals surface area (Å²) in [5, 5.41) is 17.8. The van der Waals surface area contributed by atoms with Gasteiger partial charge in [0.2, 0.25) is 0 Å². The van der Waals surface area contributed by atoms with Crippen molar-refractivity contribution in [1.82, 2.24) is 10.0 Å². The molecule has 3 aromatic carbocycles. The number of rotatable bonds is 5. The fourth-order valence-corrected chi connectivity index (χ4v) is 7.99. The van der Waals surface area contributed by atoms with E-state index in [1.165, 1.54) is 14.9 Å². The van der Waals surface area contributed by atoms with Gasteiger partial charge in [-0.15, -0.1) is 0 Å². The molecular formula is C34H28Cl4N6O3. The van der Waals surface area contributed by atoms with Crippen LogP contribution in [0.1, 0.15) is 47.6 Å². The Labute approximate surface area is 291 Å². The number of allylic oxidation sites excluding steroid dienone is 1. The summed E-state index contributed by atoms with van der Waals surface area (Å²) in [4.78, 5) is 42.6. The second kappa shape index (κ2) is 12.4. The van der Waals surface area contributed by atoms with Gasteiger partial charge in [-0.3, -0.25) is 19.4 Å². The summed E-state index contributed by atoms with van der Waals surface area (Å²) in [5.41, 5.74) is 5.32. The van der Waals surface area contributed by atoms with E-state index in [9.17, 15) is 14.4 Å². The Balaban J connectivity index is 1.22. The highest BCUT2D eigenvalue weighted by molar-refractivity contribution is 6.36. The normalized spacial score (nSPS) is 24.3. The third kappa shape index (κ3) is 5.53. The molecule has 13 heteroatoms. The van der Waals surface area contributed by atoms with Crippen LogP contribution in [-0.4, -0.2) is 52.1 Å². The Morgan fingerprint density at radius 2 is 1.62 bits per heavy atom. The molecule has 0 N–H and O–H groups in total. The van der Waals surface area contributed by atoms with Crippen LogP contribution in [0.15, 0.2) is 75.6 Å². The van der Waals surface area contributed by atoms with Crippen molar-refractivity contribution >= 4 is 81.6 Å². The summed E-state index contributed by atoms with van der Waals surface area (Å²) in [6.45, 7) is 3.37. The van der Waals surface area contributed by atoms with Crippen LogP contribution in [0.5, 0.6) is 0 Å². The fourth-order valence-electron chi connectivity index (χ4n) is 7.01. The zero-order valence-electron chi connectivity index (χ0n) is 25.3. The molecule has 0 spiro atoms. The summed E-state index contributed by atoms with van der Waals surface area (Å²) in [7, 11) is 0. The van der Waals surface area contributed by atoms with Gasteiger partial charge in [-0.05, 0) is 91.3 Å². The average Bonchev–Trinajstić information content (AvgIpc) is 3.69. The molecule has 240 valence electrons. The minimum atomic E-state index is -1.04. The number of para-hydroxylation sites is 1. The Morgan fingerprint density at radius 1 is 0.915 bits per heavy atom. The number of anilines is 1. The number of nitrogens with zero attached hydrogens (tertiary/aromatic N) is 6. The highest BCUT2D eigenvalue weighted by Crippen LogP contribution is 2.47. The number of carbonyl (C=O) groups excluding carboxylic acids is 3. The van der Waals surface area contributed by atoms with Crippen LogP contribution in [-0.2, 0) is 14.4 Å². The second-order valence-electron chi connectivity index (χ2n) is 12.1. The smallest absolute Gasteiger partial charge is 0.264 e. The largest absolute Gasteiger partial charge is 0.271 e. The molecule has 3 aliphatic heterocycles. The van der Waals surface area contributed by atoms with E-state index >= 15 is 0 Å². The van der Waals surface area contributed by atoms with Gasteiger partial charge < -0.3 is 0 Å². The Kier molecular flexibility index (Phi) is 8.37. The van der Waals surface area contributed by atoms with E-state index in [-0.39, 0.29) is 12.5 Å². The predicted octanol–water partition coefficient (Wildman–Crippen LogP) is 8.03. The maximum atomic E-state index is 14.2. The van der Waals surface area contributed by atoms with Crippen LogP contribution in [0, 0.1) is 19.8 Å². The molecule has 7 rings (SSSR count). The Hall–Kier alpha value is -3.76. The van der Waals surface area contributed by atoms with Crippen molar-refractivity contribution in [2.75, 3.05) is 11.4 Å². The summed E-state index contributed by atoms with van der Waals surface area (Å²) in [6.07, 6.45) is 4.36. The minimum Gasteiger partial charge on any atom is -0.271 e. The molecule has 4 atom stereocenters. The van der Waals surface area contributed by atoms with Gasteiger partial charge in [-0.1, -0.05) is 82.0 Å². The topological polar surface area (TPSA) is 98.0 Å². The van der Waals surface area contributed by atoms with Gasteiger partial charge >= 0.3 is 0 Å². The van der Waals surface area contributed by atoms with Crippen LogP contribution in [0.3, 0.4) is 0 Å². The van der Waals surface area contributed by atoms with Gasteiger partial charge in [0.15, 0.2) is 12.1 Å². The Morgan fingerprint density at radius 3 is 2.32 bits per heavy atom. The lowest BCUT2D eigenvalue weighted by Crippen LogP contribution is -2.45. The van der Waals surface area contributed by atoms with Crippen LogP contribution in [0.25, 0.3) is 6.08 Å². The molecule has 9 nitrogen and oxygen atoms in total. The number of hydrogen-bond acceptors (Lipinski definition) is 7. The molecule has 1 saturated heterocycles. The summed E-state index contributed by atoms with van der Waals surface area (Å²) in [6, 6.07) is 13.5. The van der Waals surface area contributed by atoms with E-state index < -0.39 is 35.8 Å². The van der Waals surface area contributed by atoms with Crippen molar-refractivity contribution in [3.63, 3.8) is 0 Å². The number of amides is 3. The van der Waals surface area contributed by atoms with Crippen molar-refractivity contribution in [2.24, 2.45) is 21.4 Å². The molecule has 0 unspecified atom stereocenters. The predicted molar refractivity (Wildman–Crippen MR) is 183 cm³/mol. The molecular weight excluding hydrogens is 682 g/mol. The lowest BCUT2D eigenvalue weighted by Gasteiger charge is -2.31.